The van der Waals surface area contributed by atoms with Crippen LogP contribution in [0.25, 0.3) is 0 Å². The molecule has 18 heavy (non-hydrogen) atoms. The Morgan fingerprint density at radius 2 is 1.28 bits per heavy atom. The Labute approximate surface area is 110 Å². The van der Waals surface area contributed by atoms with E-state index < -0.39 is 11.8 Å². The summed E-state index contributed by atoms with van der Waals surface area (Å²) in [6.07, 6.45) is 0. The molecule has 0 spiro atoms. The molecule has 0 aliphatic rings. The fraction of sp³-hybridized carbons (Fsp3) is 0.250. The molecule has 0 radical (unpaired) electrons. The minimum Gasteiger partial charge on any atom is -0.265 e. The molecule has 0 bridgehead atoms. The van der Waals surface area contributed by atoms with Crippen LogP contribution in [0.4, 0.5) is 0 Å². The van der Waals surface area contributed by atoms with Crippen LogP contribution in [0, 0.1) is 13.8 Å². The molecule has 0 saturated carbocycles. The lowest BCUT2D eigenvalue weighted by atomic mass is 10.6. The largest absolute Gasteiger partial charge is 0.300 e. The first-order valence-corrected chi connectivity index (χ1v) is 6.32. The van der Waals surface area contributed by atoms with Gasteiger partial charge in [0.1, 0.15) is 11.6 Å². The fourth-order valence-corrected chi connectivity index (χ4v) is 2.13. The van der Waals surface area contributed by atoms with Crippen molar-refractivity contribution in [2.24, 2.45) is 0 Å². The van der Waals surface area contributed by atoms with Gasteiger partial charge in [-0.1, -0.05) is 0 Å². The van der Waals surface area contributed by atoms with E-state index in [0.29, 0.717) is 11.6 Å². The number of amides is 2. The van der Waals surface area contributed by atoms with Gasteiger partial charge in [-0.2, -0.15) is 8.75 Å². The maximum Gasteiger partial charge on any atom is 0.300 e. The van der Waals surface area contributed by atoms with Crippen molar-refractivity contribution in [3.05, 3.63) is 21.7 Å². The van der Waals surface area contributed by atoms with Crippen molar-refractivity contribution in [3.63, 3.8) is 0 Å². The summed E-state index contributed by atoms with van der Waals surface area (Å²) in [7, 11) is 0. The van der Waals surface area contributed by atoms with E-state index in [1.165, 1.54) is 0 Å². The molecule has 2 rings (SSSR count). The van der Waals surface area contributed by atoms with Crippen LogP contribution in [0.2, 0.25) is 0 Å². The van der Waals surface area contributed by atoms with E-state index in [1.807, 2.05) is 0 Å². The van der Waals surface area contributed by atoms with E-state index in [2.05, 4.69) is 29.6 Å². The Kier molecular flexibility index (Phi) is 3.58. The van der Waals surface area contributed by atoms with Gasteiger partial charge in [0.2, 0.25) is 10.0 Å². The van der Waals surface area contributed by atoms with Gasteiger partial charge in [-0.15, -0.1) is 0 Å². The smallest absolute Gasteiger partial charge is 0.265 e. The number of carbonyl (C=O) groups excluding carboxylic acids is 2. The van der Waals surface area contributed by atoms with Crippen molar-refractivity contribution in [2.75, 3.05) is 0 Å². The second-order valence-electron chi connectivity index (χ2n) is 3.20. The van der Waals surface area contributed by atoms with Gasteiger partial charge in [0, 0.05) is 0 Å². The van der Waals surface area contributed by atoms with Crippen LogP contribution in [0.15, 0.2) is 0 Å². The third kappa shape index (κ3) is 2.84. The molecule has 0 aromatic carbocycles. The molecule has 10 heteroatoms. The molecule has 2 aromatic heterocycles. The normalized spacial score (nSPS) is 10.1. The van der Waals surface area contributed by atoms with Gasteiger partial charge in [-0.25, -0.2) is 9.97 Å². The van der Waals surface area contributed by atoms with Crippen molar-refractivity contribution in [3.8, 4) is 0 Å². The third-order valence-corrected chi connectivity index (χ3v) is 3.34. The Bertz CT molecular complexity index is 540. The SMILES string of the molecule is Cc1nsc(C(=O)NNC(=O)c2nc(C)ns2)n1. The first kappa shape index (κ1) is 12.5. The number of hydrazine groups is 1. The van der Waals surface area contributed by atoms with E-state index in [4.69, 9.17) is 0 Å². The van der Waals surface area contributed by atoms with Gasteiger partial charge in [0.15, 0.2) is 0 Å². The van der Waals surface area contributed by atoms with E-state index in [-0.39, 0.29) is 10.0 Å². The predicted molar refractivity (Wildman–Crippen MR) is 64.2 cm³/mol. The van der Waals surface area contributed by atoms with Crippen LogP contribution < -0.4 is 10.9 Å². The number of carbonyl (C=O) groups is 2. The molecule has 2 N–H and O–H groups in total. The Morgan fingerprint density at radius 1 is 0.889 bits per heavy atom. The number of nitrogens with one attached hydrogen (secondary N) is 2. The lowest BCUT2D eigenvalue weighted by Gasteiger charge is -2.02. The van der Waals surface area contributed by atoms with Gasteiger partial charge in [0.05, 0.1) is 0 Å². The number of rotatable bonds is 2. The first-order chi connectivity index (χ1) is 8.56. The highest BCUT2D eigenvalue weighted by Crippen LogP contribution is 2.04. The van der Waals surface area contributed by atoms with Gasteiger partial charge in [0.25, 0.3) is 11.8 Å². The zero-order valence-corrected chi connectivity index (χ0v) is 11.1. The molecule has 0 atom stereocenters. The van der Waals surface area contributed by atoms with Gasteiger partial charge >= 0.3 is 0 Å². The fourth-order valence-electron chi connectivity index (χ4n) is 0.999. The summed E-state index contributed by atoms with van der Waals surface area (Å²) < 4.78 is 7.73. The summed E-state index contributed by atoms with van der Waals surface area (Å²) >= 11 is 1.92. The van der Waals surface area contributed by atoms with Gasteiger partial charge < -0.3 is 0 Å². The standard InChI is InChI=1S/C8H8N6O2S2/c1-3-9-7(17-13-3)5(15)11-12-6(16)8-10-4(2)14-18-8/h1-2H3,(H,11,15)(H,12,16). The average Bonchev–Trinajstić information content (AvgIpc) is 2.94. The maximum atomic E-state index is 11.5. The lowest BCUT2D eigenvalue weighted by Crippen LogP contribution is -2.41. The molecule has 94 valence electrons. The van der Waals surface area contributed by atoms with E-state index >= 15 is 0 Å². The predicted octanol–water partition coefficient (Wildman–Crippen LogP) is 0.0812. The summed E-state index contributed by atoms with van der Waals surface area (Å²) in [5, 5.41) is 0.363. The quantitative estimate of drug-likeness (QED) is 0.756. The van der Waals surface area contributed by atoms with Crippen molar-refractivity contribution >= 4 is 34.9 Å². The lowest BCUT2D eigenvalue weighted by molar-refractivity contribution is 0.0846. The maximum absolute atomic E-state index is 11.5. The average molecular weight is 284 g/mol. The van der Waals surface area contributed by atoms with Crippen LogP contribution in [0.3, 0.4) is 0 Å². The molecular formula is C8H8N6O2S2. The highest BCUT2D eigenvalue weighted by molar-refractivity contribution is 7.08. The highest BCUT2D eigenvalue weighted by atomic mass is 32.1. The minimum absolute atomic E-state index is 0.182. The molecule has 0 aliphatic heterocycles. The molecule has 0 unspecified atom stereocenters. The summed E-state index contributed by atoms with van der Waals surface area (Å²) in [6.45, 7) is 3.35. The molecule has 2 amide bonds. The zero-order valence-electron chi connectivity index (χ0n) is 9.42. The topological polar surface area (TPSA) is 110 Å². The highest BCUT2D eigenvalue weighted by Gasteiger charge is 2.14. The Hall–Kier alpha value is -1.94. The number of nitrogens with zero attached hydrogens (tertiary/aromatic N) is 4. The van der Waals surface area contributed by atoms with Crippen molar-refractivity contribution in [1.29, 1.82) is 0 Å². The van der Waals surface area contributed by atoms with Crippen LogP contribution >= 0.6 is 23.1 Å². The Balaban J connectivity index is 1.92. The zero-order chi connectivity index (χ0) is 13.1. The second kappa shape index (κ2) is 5.14. The number of hydrogen-bond donors (Lipinski definition) is 2. The van der Waals surface area contributed by atoms with Gasteiger partial charge in [-0.05, 0) is 36.9 Å². The molecule has 0 saturated heterocycles. The molecule has 0 fully saturated rings. The Morgan fingerprint density at radius 3 is 1.56 bits per heavy atom. The number of aromatic nitrogens is 4. The minimum atomic E-state index is -0.518. The number of aryl methyl sites for hydroxylation is 2. The summed E-state index contributed by atoms with van der Waals surface area (Å²) in [5.74, 6) is -0.0159. The first-order valence-electron chi connectivity index (χ1n) is 4.77. The van der Waals surface area contributed by atoms with Crippen LogP contribution in [-0.4, -0.2) is 30.5 Å². The van der Waals surface area contributed by atoms with Crippen molar-refractivity contribution in [2.45, 2.75) is 13.8 Å². The summed E-state index contributed by atoms with van der Waals surface area (Å²) in [6, 6.07) is 0. The van der Waals surface area contributed by atoms with Gasteiger partial charge in [-0.3, -0.25) is 20.4 Å². The molecule has 8 nitrogen and oxygen atoms in total. The van der Waals surface area contributed by atoms with E-state index in [9.17, 15) is 9.59 Å². The second-order valence-corrected chi connectivity index (χ2v) is 4.71. The molecule has 2 aromatic rings. The van der Waals surface area contributed by atoms with Crippen LogP contribution in [0.1, 0.15) is 31.3 Å². The van der Waals surface area contributed by atoms with Crippen molar-refractivity contribution < 1.29 is 9.59 Å². The van der Waals surface area contributed by atoms with Crippen LogP contribution in [0.5, 0.6) is 0 Å². The molecule has 2 heterocycles. The molecular weight excluding hydrogens is 276 g/mol. The third-order valence-electron chi connectivity index (χ3n) is 1.73. The summed E-state index contributed by atoms with van der Waals surface area (Å²) in [5.41, 5.74) is 4.46. The summed E-state index contributed by atoms with van der Waals surface area (Å²) in [4.78, 5) is 30.9. The van der Waals surface area contributed by atoms with E-state index in [0.717, 1.165) is 23.1 Å². The van der Waals surface area contributed by atoms with Crippen LogP contribution in [-0.2, 0) is 0 Å². The monoisotopic (exact) mass is 284 g/mol. The van der Waals surface area contributed by atoms with E-state index in [1.54, 1.807) is 13.8 Å². The van der Waals surface area contributed by atoms with Crippen molar-refractivity contribution in [1.82, 2.24) is 29.6 Å². The number of hydrogen-bond acceptors (Lipinski definition) is 8. The molecule has 0 aliphatic carbocycles.